The number of hydrogen-bond acceptors (Lipinski definition) is 9. The first kappa shape index (κ1) is 12.5. The summed E-state index contributed by atoms with van der Waals surface area (Å²) in [6, 6.07) is 0. The molecule has 0 aliphatic heterocycles. The maximum absolute atomic E-state index is 11.1. The molecule has 0 bridgehead atoms. The molecule has 4 atom stereocenters. The van der Waals surface area contributed by atoms with Crippen LogP contribution in [0.3, 0.4) is 0 Å². The van der Waals surface area contributed by atoms with Crippen molar-refractivity contribution in [2.45, 2.75) is 24.0 Å². The van der Waals surface area contributed by atoms with Crippen LogP contribution in [0, 0.1) is 4.91 Å². The topological polar surface area (TPSA) is 162 Å². The van der Waals surface area contributed by atoms with Crippen molar-refractivity contribution in [2.24, 2.45) is 5.18 Å². The van der Waals surface area contributed by atoms with Crippen LogP contribution in [0.1, 0.15) is 0 Å². The number of nitrogens with zero attached hydrogens (tertiary/aromatic N) is 1. The molecule has 0 saturated heterocycles. The van der Waals surface area contributed by atoms with Crippen LogP contribution in [-0.4, -0.2) is 61.8 Å². The fourth-order valence-electron chi connectivity index (χ4n) is 1.21. The first-order valence-electron chi connectivity index (χ1n) is 4.01. The van der Waals surface area contributed by atoms with Gasteiger partial charge in [0, 0.05) is 0 Å². The molecule has 1 rings (SSSR count). The molecule has 0 aromatic carbocycles. The molecule has 9 heteroatoms. The lowest BCUT2D eigenvalue weighted by molar-refractivity contribution is -0.165. The third kappa shape index (κ3) is 1.46. The summed E-state index contributed by atoms with van der Waals surface area (Å²) in [7, 11) is 0. The van der Waals surface area contributed by atoms with Gasteiger partial charge in [0.05, 0.1) is 0 Å². The molecule has 0 spiro atoms. The number of Topliss-reactive ketones (excluding diaryl/α,β-unsaturated/α-hetero) is 3. The number of carbonyl (C=O) groups is 3. The van der Waals surface area contributed by atoms with Crippen LogP contribution < -0.4 is 0 Å². The van der Waals surface area contributed by atoms with Crippen LogP contribution in [-0.2, 0) is 14.4 Å². The Bertz CT molecular complexity index is 379. The highest BCUT2D eigenvalue weighted by atomic mass is 16.4. The highest BCUT2D eigenvalue weighted by Gasteiger charge is 2.59. The molecule has 9 nitrogen and oxygen atoms in total. The Morgan fingerprint density at radius 1 is 1.12 bits per heavy atom. The van der Waals surface area contributed by atoms with Gasteiger partial charge in [-0.2, -0.15) is 0 Å². The van der Waals surface area contributed by atoms with Crippen LogP contribution in [0.25, 0.3) is 0 Å². The fraction of sp³-hybridized carbons (Fsp3) is 0.571. The minimum Gasteiger partial charge on any atom is -0.387 e. The van der Waals surface area contributed by atoms with Gasteiger partial charge in [-0.3, -0.25) is 14.4 Å². The van der Waals surface area contributed by atoms with Gasteiger partial charge < -0.3 is 20.4 Å². The molecule has 1 aliphatic rings. The number of aliphatic hydroxyl groups excluding tert-OH is 3. The smallest absolute Gasteiger partial charge is 0.293 e. The van der Waals surface area contributed by atoms with E-state index in [1.807, 2.05) is 5.18 Å². The fourth-order valence-corrected chi connectivity index (χ4v) is 1.21. The average Bonchev–Trinajstić information content (AvgIpc) is 2.33. The van der Waals surface area contributed by atoms with Crippen molar-refractivity contribution < 1.29 is 34.8 Å². The second-order valence-corrected chi connectivity index (χ2v) is 3.22. The van der Waals surface area contributed by atoms with Crippen molar-refractivity contribution in [2.75, 3.05) is 0 Å². The van der Waals surface area contributed by atoms with Gasteiger partial charge in [-0.1, -0.05) is 0 Å². The van der Waals surface area contributed by atoms with Crippen LogP contribution >= 0.6 is 0 Å². The van der Waals surface area contributed by atoms with E-state index in [4.69, 9.17) is 10.2 Å². The normalized spacial score (nSPS) is 40.8. The predicted octanol–water partition coefficient (Wildman–Crippen LogP) is -3.76. The highest BCUT2D eigenvalue weighted by molar-refractivity contribution is 6.66. The van der Waals surface area contributed by atoms with Crippen molar-refractivity contribution >= 4 is 17.3 Å². The van der Waals surface area contributed by atoms with Crippen LogP contribution in [0.4, 0.5) is 0 Å². The lowest BCUT2D eigenvalue weighted by Gasteiger charge is -2.24. The number of aliphatic hydroxyl groups is 4. The van der Waals surface area contributed by atoms with E-state index in [0.29, 0.717) is 0 Å². The third-order valence-corrected chi connectivity index (χ3v) is 2.23. The van der Waals surface area contributed by atoms with E-state index < -0.39 is 41.4 Å². The molecular weight excluding hydrogens is 226 g/mol. The van der Waals surface area contributed by atoms with E-state index in [1.165, 1.54) is 0 Å². The van der Waals surface area contributed by atoms with E-state index in [9.17, 15) is 29.5 Å². The van der Waals surface area contributed by atoms with Crippen molar-refractivity contribution in [1.29, 1.82) is 0 Å². The van der Waals surface area contributed by atoms with Gasteiger partial charge in [0.1, 0.15) is 18.3 Å². The van der Waals surface area contributed by atoms with E-state index in [1.54, 1.807) is 0 Å². The van der Waals surface area contributed by atoms with Gasteiger partial charge in [-0.05, 0) is 5.18 Å². The Morgan fingerprint density at radius 3 is 2.06 bits per heavy atom. The Balaban J connectivity index is 3.35. The van der Waals surface area contributed by atoms with Crippen molar-refractivity contribution in [1.82, 2.24) is 0 Å². The van der Waals surface area contributed by atoms with Crippen LogP contribution in [0.2, 0.25) is 0 Å². The van der Waals surface area contributed by atoms with Gasteiger partial charge in [0.2, 0.25) is 5.78 Å². The zero-order chi connectivity index (χ0) is 12.7. The van der Waals surface area contributed by atoms with E-state index >= 15 is 0 Å². The van der Waals surface area contributed by atoms with Gasteiger partial charge >= 0.3 is 0 Å². The number of ketones is 3. The van der Waals surface area contributed by atoms with Crippen LogP contribution in [0.5, 0.6) is 0 Å². The Labute approximate surface area is 87.3 Å². The second-order valence-electron chi connectivity index (χ2n) is 3.22. The second kappa shape index (κ2) is 3.79. The summed E-state index contributed by atoms with van der Waals surface area (Å²) in [6.07, 6.45) is -7.34. The molecule has 1 saturated carbocycles. The molecule has 0 aromatic heterocycles. The van der Waals surface area contributed by atoms with Crippen LogP contribution in [0.15, 0.2) is 5.18 Å². The Kier molecular flexibility index (Phi) is 2.97. The molecule has 1 fully saturated rings. The summed E-state index contributed by atoms with van der Waals surface area (Å²) in [6.45, 7) is 0. The quantitative estimate of drug-likeness (QED) is 0.204. The van der Waals surface area contributed by atoms with Gasteiger partial charge in [0.15, 0.2) is 0 Å². The molecule has 0 unspecified atom stereocenters. The molecule has 0 aromatic rings. The zero-order valence-corrected chi connectivity index (χ0v) is 7.60. The van der Waals surface area contributed by atoms with E-state index in [2.05, 4.69) is 0 Å². The zero-order valence-electron chi connectivity index (χ0n) is 7.60. The van der Waals surface area contributed by atoms with Crippen molar-refractivity contribution in [3.8, 4) is 0 Å². The molecular formula is C7H7NO8. The average molecular weight is 233 g/mol. The minimum atomic E-state index is -3.47. The van der Waals surface area contributed by atoms with Gasteiger partial charge in [-0.25, -0.2) is 0 Å². The van der Waals surface area contributed by atoms with Crippen molar-refractivity contribution in [3.05, 3.63) is 4.91 Å². The summed E-state index contributed by atoms with van der Waals surface area (Å²) in [5, 5.41) is 38.4. The largest absolute Gasteiger partial charge is 0.387 e. The highest BCUT2D eigenvalue weighted by Crippen LogP contribution is 2.23. The first-order valence-corrected chi connectivity index (χ1v) is 4.01. The van der Waals surface area contributed by atoms with E-state index in [-0.39, 0.29) is 0 Å². The SMILES string of the molecule is O=N[C@@]1(O)C(=O)C(=O)C(=O)[C@@H](O)[C@H](O)[C@H]1O. The summed E-state index contributed by atoms with van der Waals surface area (Å²) < 4.78 is 0. The molecule has 88 valence electrons. The van der Waals surface area contributed by atoms with E-state index in [0.717, 1.165) is 0 Å². The number of nitroso groups, excluding NO2 is 1. The lowest BCUT2D eigenvalue weighted by Crippen LogP contribution is -2.54. The standard InChI is InChI=1S/C7H7NO8/c9-1-2(10)4(12)6(14)7(15,8-16)5(13)3(1)11/h1,3,5,9,11,13,15H/t1-,3+,5-,7+/m1/s1. The molecule has 0 radical (unpaired) electrons. The molecule has 4 N–H and O–H groups in total. The molecule has 0 amide bonds. The summed E-state index contributed by atoms with van der Waals surface area (Å²) in [5.74, 6) is -5.63. The first-order chi connectivity index (χ1) is 7.27. The summed E-state index contributed by atoms with van der Waals surface area (Å²) in [5.41, 5.74) is -3.47. The third-order valence-electron chi connectivity index (χ3n) is 2.23. The maximum atomic E-state index is 11.1. The summed E-state index contributed by atoms with van der Waals surface area (Å²) in [4.78, 5) is 43.3. The van der Waals surface area contributed by atoms with Crippen molar-refractivity contribution in [3.63, 3.8) is 0 Å². The lowest BCUT2D eigenvalue weighted by atomic mass is 9.99. The molecule has 1 aliphatic carbocycles. The number of carbonyl (C=O) groups excluding carboxylic acids is 3. The monoisotopic (exact) mass is 233 g/mol. The number of hydrogen-bond donors (Lipinski definition) is 4. The van der Waals surface area contributed by atoms with Gasteiger partial charge in [0.25, 0.3) is 17.3 Å². The van der Waals surface area contributed by atoms with Gasteiger partial charge in [-0.15, -0.1) is 4.91 Å². The minimum absolute atomic E-state index is 1.73. The number of rotatable bonds is 1. The molecule has 16 heavy (non-hydrogen) atoms. The molecule has 0 heterocycles. The Hall–Kier alpha value is -1.55. The predicted molar refractivity (Wildman–Crippen MR) is 43.8 cm³/mol. The maximum Gasteiger partial charge on any atom is 0.293 e. The summed E-state index contributed by atoms with van der Waals surface area (Å²) >= 11 is 0. The Morgan fingerprint density at radius 2 is 1.62 bits per heavy atom.